The third kappa shape index (κ3) is 4.23. The monoisotopic (exact) mass is 434 g/mol. The number of imide groups is 1. The van der Waals surface area contributed by atoms with Crippen LogP contribution in [-0.4, -0.2) is 79.8 Å². The van der Waals surface area contributed by atoms with E-state index in [4.69, 9.17) is 0 Å². The van der Waals surface area contributed by atoms with Crippen molar-refractivity contribution in [3.63, 3.8) is 0 Å². The van der Waals surface area contributed by atoms with E-state index in [2.05, 4.69) is 5.32 Å². The van der Waals surface area contributed by atoms with Crippen molar-refractivity contribution in [1.82, 2.24) is 19.4 Å². The first kappa shape index (κ1) is 21.5. The van der Waals surface area contributed by atoms with Crippen LogP contribution in [0.25, 0.3) is 0 Å². The Morgan fingerprint density at radius 1 is 1.10 bits per heavy atom. The van der Waals surface area contributed by atoms with Gasteiger partial charge in [0, 0.05) is 39.3 Å². The number of rotatable bonds is 4. The molecule has 0 radical (unpaired) electrons. The van der Waals surface area contributed by atoms with Gasteiger partial charge in [0.15, 0.2) is 0 Å². The number of sulfonamides is 1. The molecule has 0 spiro atoms. The van der Waals surface area contributed by atoms with Gasteiger partial charge in [0.05, 0.1) is 16.5 Å². The molecule has 0 saturated carbocycles. The van der Waals surface area contributed by atoms with Crippen molar-refractivity contribution >= 4 is 22.0 Å². The summed E-state index contributed by atoms with van der Waals surface area (Å²) in [4.78, 5) is 26.2. The quantitative estimate of drug-likeness (QED) is 0.762. The van der Waals surface area contributed by atoms with Crippen molar-refractivity contribution < 1.29 is 31.2 Å². The summed E-state index contributed by atoms with van der Waals surface area (Å²) in [6.45, 7) is 2.48. The minimum atomic E-state index is -4.79. The molecule has 2 heterocycles. The largest absolute Gasteiger partial charge is 0.417 e. The molecule has 1 aromatic carbocycles. The number of urea groups is 1. The minimum Gasteiger partial charge on any atom is -0.336 e. The number of hydrogen-bond acceptors (Lipinski definition) is 5. The first-order valence-corrected chi connectivity index (χ1v) is 10.5. The van der Waals surface area contributed by atoms with Crippen LogP contribution in [0.5, 0.6) is 0 Å². The molecule has 0 aromatic heterocycles. The molecular formula is C17H21F3N4O4S. The molecule has 0 unspecified atom stereocenters. The van der Waals surface area contributed by atoms with E-state index in [1.165, 1.54) is 6.07 Å². The zero-order valence-corrected chi connectivity index (χ0v) is 16.5. The normalized spacial score (nSPS) is 20.6. The molecule has 0 bridgehead atoms. The van der Waals surface area contributed by atoms with E-state index in [9.17, 15) is 31.2 Å². The van der Waals surface area contributed by atoms with E-state index in [0.717, 1.165) is 27.4 Å². The van der Waals surface area contributed by atoms with E-state index in [0.29, 0.717) is 6.54 Å². The topological polar surface area (TPSA) is 90.0 Å². The summed E-state index contributed by atoms with van der Waals surface area (Å²) in [5, 5.41) is 2.54. The number of carbonyl (C=O) groups is 2. The van der Waals surface area contributed by atoms with Crippen LogP contribution >= 0.6 is 0 Å². The number of benzene rings is 1. The van der Waals surface area contributed by atoms with Crippen LogP contribution in [-0.2, 0) is 21.0 Å². The van der Waals surface area contributed by atoms with Crippen LogP contribution in [0.1, 0.15) is 12.5 Å². The summed E-state index contributed by atoms with van der Waals surface area (Å²) in [6.07, 6.45) is -4.79. The van der Waals surface area contributed by atoms with Crippen LogP contribution in [0.4, 0.5) is 18.0 Å². The fraction of sp³-hybridized carbons (Fsp3) is 0.529. The molecule has 29 heavy (non-hydrogen) atoms. The molecule has 12 heteroatoms. The summed E-state index contributed by atoms with van der Waals surface area (Å²) < 4.78 is 66.2. The Kier molecular flexibility index (Phi) is 5.88. The highest BCUT2D eigenvalue weighted by atomic mass is 32.2. The average Bonchev–Trinajstić information content (AvgIpc) is 3.12. The van der Waals surface area contributed by atoms with E-state index in [1.807, 2.05) is 0 Å². The molecule has 3 amide bonds. The molecule has 3 rings (SSSR count). The second-order valence-corrected chi connectivity index (χ2v) is 8.74. The average molecular weight is 434 g/mol. The van der Waals surface area contributed by atoms with Crippen LogP contribution in [0, 0.1) is 0 Å². The highest BCUT2D eigenvalue weighted by molar-refractivity contribution is 7.89. The van der Waals surface area contributed by atoms with E-state index in [-0.39, 0.29) is 32.7 Å². The highest BCUT2D eigenvalue weighted by Crippen LogP contribution is 2.35. The lowest BCUT2D eigenvalue weighted by Crippen LogP contribution is -2.55. The van der Waals surface area contributed by atoms with Gasteiger partial charge >= 0.3 is 12.2 Å². The third-order valence-corrected chi connectivity index (χ3v) is 7.07. The molecule has 2 aliphatic rings. The number of alkyl halides is 3. The van der Waals surface area contributed by atoms with Crippen molar-refractivity contribution in [2.24, 2.45) is 0 Å². The summed E-state index contributed by atoms with van der Waals surface area (Å²) in [6, 6.07) is 2.97. The summed E-state index contributed by atoms with van der Waals surface area (Å²) in [7, 11) is -4.34. The molecule has 0 aliphatic carbocycles. The van der Waals surface area contributed by atoms with Gasteiger partial charge < -0.3 is 5.32 Å². The van der Waals surface area contributed by atoms with Crippen molar-refractivity contribution in [2.75, 3.05) is 39.3 Å². The molecule has 1 atom stereocenters. The highest BCUT2D eigenvalue weighted by Gasteiger charge is 2.40. The van der Waals surface area contributed by atoms with Gasteiger partial charge in [-0.1, -0.05) is 12.1 Å². The molecule has 2 aliphatic heterocycles. The van der Waals surface area contributed by atoms with Gasteiger partial charge in [-0.3, -0.25) is 14.6 Å². The van der Waals surface area contributed by atoms with Gasteiger partial charge in [-0.25, -0.2) is 13.2 Å². The predicted molar refractivity (Wildman–Crippen MR) is 96.3 cm³/mol. The number of nitrogens with one attached hydrogen (secondary N) is 1. The van der Waals surface area contributed by atoms with Gasteiger partial charge in [0.25, 0.3) is 0 Å². The molecule has 160 valence electrons. The second-order valence-electron chi connectivity index (χ2n) is 6.83. The summed E-state index contributed by atoms with van der Waals surface area (Å²) >= 11 is 0. The smallest absolute Gasteiger partial charge is 0.336 e. The number of hydrogen-bond donors (Lipinski definition) is 1. The zero-order chi connectivity index (χ0) is 21.4. The Labute approximate surface area is 166 Å². The van der Waals surface area contributed by atoms with Crippen molar-refractivity contribution in [2.45, 2.75) is 24.0 Å². The Hall–Kier alpha value is -2.18. The number of halogens is 3. The first-order valence-electron chi connectivity index (χ1n) is 9.03. The van der Waals surface area contributed by atoms with E-state index < -0.39 is 44.6 Å². The van der Waals surface area contributed by atoms with Crippen molar-refractivity contribution in [3.05, 3.63) is 29.8 Å². The Bertz CT molecular complexity index is 898. The fourth-order valence-electron chi connectivity index (χ4n) is 3.46. The van der Waals surface area contributed by atoms with Crippen LogP contribution in [0.15, 0.2) is 29.2 Å². The number of nitrogens with zero attached hydrogens (tertiary/aromatic N) is 3. The Balaban J connectivity index is 1.71. The first-order chi connectivity index (χ1) is 13.5. The molecule has 8 nitrogen and oxygen atoms in total. The van der Waals surface area contributed by atoms with Crippen LogP contribution in [0.2, 0.25) is 0 Å². The maximum Gasteiger partial charge on any atom is 0.417 e. The Morgan fingerprint density at radius 2 is 1.72 bits per heavy atom. The lowest BCUT2D eigenvalue weighted by molar-refractivity contribution is -0.140. The lowest BCUT2D eigenvalue weighted by Gasteiger charge is -2.37. The molecule has 2 saturated heterocycles. The van der Waals surface area contributed by atoms with Crippen LogP contribution < -0.4 is 5.32 Å². The molecular weight excluding hydrogens is 413 g/mol. The van der Waals surface area contributed by atoms with Gasteiger partial charge in [0.1, 0.15) is 0 Å². The number of piperazine rings is 1. The SMILES string of the molecule is C[C@@H](C(=O)N1CCNC1=O)N1CCN(S(=O)(=O)c2ccccc2C(F)(F)F)CC1. The molecule has 2 fully saturated rings. The maximum absolute atomic E-state index is 13.2. The fourth-order valence-corrected chi connectivity index (χ4v) is 5.09. The molecule has 1 N–H and O–H groups in total. The molecule has 1 aromatic rings. The number of carbonyl (C=O) groups excluding carboxylic acids is 2. The summed E-state index contributed by atoms with van der Waals surface area (Å²) in [5.41, 5.74) is -1.20. The van der Waals surface area contributed by atoms with Gasteiger partial charge in [-0.05, 0) is 19.1 Å². The van der Waals surface area contributed by atoms with Gasteiger partial charge in [0.2, 0.25) is 15.9 Å². The minimum absolute atomic E-state index is 0.0572. The predicted octanol–water partition coefficient (Wildman–Crippen LogP) is 0.952. The number of amides is 3. The van der Waals surface area contributed by atoms with Gasteiger partial charge in [-0.2, -0.15) is 17.5 Å². The maximum atomic E-state index is 13.2. The van der Waals surface area contributed by atoms with Crippen molar-refractivity contribution in [1.29, 1.82) is 0 Å². The lowest BCUT2D eigenvalue weighted by atomic mass is 10.2. The van der Waals surface area contributed by atoms with Crippen molar-refractivity contribution in [3.8, 4) is 0 Å². The summed E-state index contributed by atoms with van der Waals surface area (Å²) in [5.74, 6) is -0.390. The standard InChI is InChI=1S/C17H21F3N4O4S/c1-12(15(25)24-7-6-21-16(24)26)22-8-10-23(11-9-22)29(27,28)14-5-3-2-4-13(14)17(18,19)20/h2-5,12H,6-11H2,1H3,(H,21,26)/t12-/m0/s1. The van der Waals surface area contributed by atoms with E-state index >= 15 is 0 Å². The second kappa shape index (κ2) is 7.92. The van der Waals surface area contributed by atoms with Crippen LogP contribution in [0.3, 0.4) is 0 Å². The zero-order valence-electron chi connectivity index (χ0n) is 15.6. The van der Waals surface area contributed by atoms with E-state index in [1.54, 1.807) is 11.8 Å². The Morgan fingerprint density at radius 3 is 2.28 bits per heavy atom. The third-order valence-electron chi connectivity index (χ3n) is 5.11. The van der Waals surface area contributed by atoms with Gasteiger partial charge in [-0.15, -0.1) is 0 Å².